The second kappa shape index (κ2) is 5.82. The summed E-state index contributed by atoms with van der Waals surface area (Å²) in [5.74, 6) is -0.863. The second-order valence-electron chi connectivity index (χ2n) is 4.07. The molecule has 1 heterocycles. The molecule has 0 N–H and O–H groups in total. The van der Waals surface area contributed by atoms with Crippen LogP contribution in [0.4, 0.5) is 0 Å². The smallest absolute Gasteiger partial charge is 0.327 e. The quantitative estimate of drug-likeness (QED) is 0.358. The summed E-state index contributed by atoms with van der Waals surface area (Å²) in [5.41, 5.74) is 0. The Labute approximate surface area is 90.0 Å². The van der Waals surface area contributed by atoms with Crippen LogP contribution in [0.1, 0.15) is 12.8 Å². The number of nitrogens with zero attached hydrogens (tertiary/aromatic N) is 2. The van der Waals surface area contributed by atoms with E-state index in [4.69, 9.17) is 0 Å². The van der Waals surface area contributed by atoms with Crippen molar-refractivity contribution in [2.75, 3.05) is 40.3 Å². The van der Waals surface area contributed by atoms with Gasteiger partial charge in [-0.2, -0.15) is 0 Å². The molecule has 15 heavy (non-hydrogen) atoms. The second-order valence-corrected chi connectivity index (χ2v) is 4.07. The first-order chi connectivity index (χ1) is 7.08. The maximum Gasteiger partial charge on any atom is 0.327 e. The number of morpholine rings is 1. The Morgan fingerprint density at radius 3 is 2.33 bits per heavy atom. The van der Waals surface area contributed by atoms with Gasteiger partial charge in [-0.15, -0.1) is 0 Å². The molecule has 1 saturated heterocycles. The van der Waals surface area contributed by atoms with Crippen molar-refractivity contribution in [1.82, 2.24) is 9.80 Å². The monoisotopic (exact) mass is 214 g/mol. The van der Waals surface area contributed by atoms with Gasteiger partial charge in [-0.3, -0.25) is 14.5 Å². The fourth-order valence-electron chi connectivity index (χ4n) is 1.53. The van der Waals surface area contributed by atoms with E-state index in [0.717, 1.165) is 25.9 Å². The number of ether oxygens (including phenoxy) is 1. The minimum absolute atomic E-state index is 0.244. The first kappa shape index (κ1) is 12.1. The van der Waals surface area contributed by atoms with Crippen molar-refractivity contribution in [2.24, 2.45) is 0 Å². The molecule has 0 bridgehead atoms. The fourth-order valence-corrected chi connectivity index (χ4v) is 1.53. The molecule has 1 aliphatic heterocycles. The molecule has 0 amide bonds. The van der Waals surface area contributed by atoms with Crippen LogP contribution in [0.25, 0.3) is 0 Å². The summed E-state index contributed by atoms with van der Waals surface area (Å²) in [4.78, 5) is 25.8. The lowest BCUT2D eigenvalue weighted by Gasteiger charge is -2.24. The molecular weight excluding hydrogens is 196 g/mol. The number of esters is 2. The lowest BCUT2D eigenvalue weighted by atomic mass is 10.2. The molecule has 0 aromatic heterocycles. The van der Waals surface area contributed by atoms with E-state index in [1.807, 2.05) is 19.0 Å². The van der Waals surface area contributed by atoms with E-state index in [2.05, 4.69) is 9.64 Å². The highest BCUT2D eigenvalue weighted by Gasteiger charge is 2.23. The minimum atomic E-state index is -0.432. The van der Waals surface area contributed by atoms with Crippen LogP contribution in [-0.4, -0.2) is 62.0 Å². The summed E-state index contributed by atoms with van der Waals surface area (Å²) in [5, 5.41) is 0. The summed E-state index contributed by atoms with van der Waals surface area (Å²) < 4.78 is 4.43. The van der Waals surface area contributed by atoms with Crippen LogP contribution in [0.3, 0.4) is 0 Å². The van der Waals surface area contributed by atoms with Crippen LogP contribution in [-0.2, 0) is 14.3 Å². The largest absolute Gasteiger partial charge is 0.391 e. The zero-order chi connectivity index (χ0) is 11.3. The van der Waals surface area contributed by atoms with Crippen LogP contribution >= 0.6 is 0 Å². The maximum atomic E-state index is 10.9. The SMILES string of the molecule is CN(C)CCCCN1CC(=O)OC(=O)C1. The van der Waals surface area contributed by atoms with Crippen LogP contribution in [0, 0.1) is 0 Å². The van der Waals surface area contributed by atoms with Crippen LogP contribution in [0.2, 0.25) is 0 Å². The Morgan fingerprint density at radius 1 is 1.20 bits per heavy atom. The number of hydrogen-bond donors (Lipinski definition) is 0. The maximum absolute atomic E-state index is 10.9. The van der Waals surface area contributed by atoms with Gasteiger partial charge >= 0.3 is 11.9 Å². The molecule has 0 aromatic rings. The highest BCUT2D eigenvalue weighted by Crippen LogP contribution is 2.02. The van der Waals surface area contributed by atoms with Gasteiger partial charge in [0, 0.05) is 0 Å². The van der Waals surface area contributed by atoms with Gasteiger partial charge in [-0.25, -0.2) is 0 Å². The predicted octanol–water partition coefficient (Wildman–Crippen LogP) is -0.286. The minimum Gasteiger partial charge on any atom is -0.391 e. The summed E-state index contributed by atoms with van der Waals surface area (Å²) in [6, 6.07) is 0. The van der Waals surface area contributed by atoms with Crippen molar-refractivity contribution in [3.63, 3.8) is 0 Å². The third-order valence-corrected chi connectivity index (χ3v) is 2.26. The number of hydrogen-bond acceptors (Lipinski definition) is 5. The average Bonchev–Trinajstić information content (AvgIpc) is 2.10. The zero-order valence-electron chi connectivity index (χ0n) is 9.36. The summed E-state index contributed by atoms with van der Waals surface area (Å²) in [6.45, 7) is 2.31. The summed E-state index contributed by atoms with van der Waals surface area (Å²) >= 11 is 0. The van der Waals surface area contributed by atoms with Gasteiger partial charge in [0.1, 0.15) is 0 Å². The van der Waals surface area contributed by atoms with Crippen molar-refractivity contribution in [1.29, 1.82) is 0 Å². The molecule has 0 aliphatic carbocycles. The van der Waals surface area contributed by atoms with Gasteiger partial charge in [0.2, 0.25) is 0 Å². The Kier molecular flexibility index (Phi) is 4.71. The Hall–Kier alpha value is -0.940. The number of carbonyl (C=O) groups is 2. The molecule has 0 saturated carbocycles. The highest BCUT2D eigenvalue weighted by atomic mass is 16.6. The van der Waals surface area contributed by atoms with E-state index in [-0.39, 0.29) is 13.1 Å². The summed E-state index contributed by atoms with van der Waals surface area (Å²) in [6.07, 6.45) is 2.07. The highest BCUT2D eigenvalue weighted by molar-refractivity contribution is 5.90. The first-order valence-corrected chi connectivity index (χ1v) is 5.18. The molecular formula is C10H18N2O3. The van der Waals surface area contributed by atoms with Crippen LogP contribution in [0.5, 0.6) is 0 Å². The van der Waals surface area contributed by atoms with Crippen molar-refractivity contribution >= 4 is 11.9 Å². The number of cyclic esters (lactones) is 2. The van der Waals surface area contributed by atoms with E-state index in [0.29, 0.717) is 0 Å². The molecule has 5 heteroatoms. The lowest BCUT2D eigenvalue weighted by molar-refractivity contribution is -0.166. The van der Waals surface area contributed by atoms with Gasteiger partial charge in [-0.05, 0) is 40.0 Å². The molecule has 5 nitrogen and oxygen atoms in total. The predicted molar refractivity (Wildman–Crippen MR) is 55.3 cm³/mol. The molecule has 0 unspecified atom stereocenters. The van der Waals surface area contributed by atoms with Crippen LogP contribution in [0.15, 0.2) is 0 Å². The lowest BCUT2D eigenvalue weighted by Crippen LogP contribution is -2.43. The van der Waals surface area contributed by atoms with E-state index in [1.165, 1.54) is 0 Å². The molecule has 0 aromatic carbocycles. The first-order valence-electron chi connectivity index (χ1n) is 5.18. The molecule has 0 atom stereocenters. The number of carbonyl (C=O) groups excluding carboxylic acids is 2. The molecule has 1 rings (SSSR count). The number of rotatable bonds is 5. The Balaban J connectivity index is 2.15. The molecule has 0 spiro atoms. The van der Waals surface area contributed by atoms with Crippen molar-refractivity contribution in [3.8, 4) is 0 Å². The molecule has 1 aliphatic rings. The topological polar surface area (TPSA) is 49.9 Å². The average molecular weight is 214 g/mol. The van der Waals surface area contributed by atoms with Gasteiger partial charge in [0.05, 0.1) is 13.1 Å². The molecule has 0 radical (unpaired) electrons. The number of unbranched alkanes of at least 4 members (excludes halogenated alkanes) is 1. The third kappa shape index (κ3) is 4.90. The fraction of sp³-hybridized carbons (Fsp3) is 0.800. The Morgan fingerprint density at radius 2 is 1.80 bits per heavy atom. The van der Waals surface area contributed by atoms with Crippen molar-refractivity contribution in [2.45, 2.75) is 12.8 Å². The molecule has 86 valence electrons. The standard InChI is InChI=1S/C10H18N2O3/c1-11(2)5-3-4-6-12-7-9(13)15-10(14)8-12/h3-8H2,1-2H3. The Bertz CT molecular complexity index is 225. The van der Waals surface area contributed by atoms with Crippen molar-refractivity contribution < 1.29 is 14.3 Å². The zero-order valence-corrected chi connectivity index (χ0v) is 9.36. The van der Waals surface area contributed by atoms with E-state index >= 15 is 0 Å². The van der Waals surface area contributed by atoms with E-state index in [1.54, 1.807) is 0 Å². The van der Waals surface area contributed by atoms with Gasteiger partial charge in [0.15, 0.2) is 0 Å². The molecule has 1 fully saturated rings. The normalized spacial score (nSPS) is 18.3. The van der Waals surface area contributed by atoms with Crippen LogP contribution < -0.4 is 0 Å². The van der Waals surface area contributed by atoms with Gasteiger partial charge in [-0.1, -0.05) is 0 Å². The third-order valence-electron chi connectivity index (χ3n) is 2.26. The van der Waals surface area contributed by atoms with E-state index < -0.39 is 11.9 Å². The van der Waals surface area contributed by atoms with Gasteiger partial charge in [0.25, 0.3) is 0 Å². The van der Waals surface area contributed by atoms with E-state index in [9.17, 15) is 9.59 Å². The summed E-state index contributed by atoms with van der Waals surface area (Å²) in [7, 11) is 4.06. The van der Waals surface area contributed by atoms with Gasteiger partial charge < -0.3 is 9.64 Å². The van der Waals surface area contributed by atoms with Crippen molar-refractivity contribution in [3.05, 3.63) is 0 Å².